The molecular weight excluding hydrogens is 181 g/mol. The summed E-state index contributed by atoms with van der Waals surface area (Å²) in [4.78, 5) is 0. The third-order valence-electron chi connectivity index (χ3n) is 1.47. The van der Waals surface area contributed by atoms with E-state index < -0.39 is 24.7 Å². The van der Waals surface area contributed by atoms with Crippen molar-refractivity contribution >= 4 is 7.32 Å². The second-order valence-corrected chi connectivity index (χ2v) is 2.45. The van der Waals surface area contributed by atoms with Crippen molar-refractivity contribution in [2.75, 3.05) is 0 Å². The molecule has 1 rings (SSSR count). The average Bonchev–Trinajstić information content (AvgIpc) is 2.05. The summed E-state index contributed by atoms with van der Waals surface area (Å²) in [5, 5.41) is 16.7. The fourth-order valence-corrected chi connectivity index (χ4v) is 0.844. The normalized spacial score (nSPS) is 9.92. The van der Waals surface area contributed by atoms with Gasteiger partial charge in [-0.1, -0.05) is 6.07 Å². The second kappa shape index (κ2) is 3.72. The summed E-state index contributed by atoms with van der Waals surface area (Å²) in [5.74, 6) is -2.70. The first-order valence-electron chi connectivity index (χ1n) is 3.49. The van der Waals surface area contributed by atoms with Crippen molar-refractivity contribution in [3.05, 3.63) is 29.3 Å². The van der Waals surface area contributed by atoms with Gasteiger partial charge >= 0.3 is 7.32 Å². The molecule has 0 bridgehead atoms. The first kappa shape index (κ1) is 9.95. The van der Waals surface area contributed by atoms with Gasteiger partial charge in [0.1, 0.15) is 0 Å². The van der Waals surface area contributed by atoms with Gasteiger partial charge in [-0.05, 0) is 18.6 Å². The SMILES string of the molecule is Cc1ccc(F)c(OB(O)O)c1F. The van der Waals surface area contributed by atoms with Gasteiger partial charge in [-0.25, -0.2) is 8.78 Å². The first-order chi connectivity index (χ1) is 6.02. The highest BCUT2D eigenvalue weighted by molar-refractivity contribution is 6.33. The van der Waals surface area contributed by atoms with Crippen LogP contribution in [0.3, 0.4) is 0 Å². The molecule has 13 heavy (non-hydrogen) atoms. The largest absolute Gasteiger partial charge is 0.707 e. The van der Waals surface area contributed by atoms with E-state index in [1.807, 2.05) is 0 Å². The van der Waals surface area contributed by atoms with E-state index in [0.717, 1.165) is 6.07 Å². The molecule has 3 nitrogen and oxygen atoms in total. The lowest BCUT2D eigenvalue weighted by Crippen LogP contribution is -2.22. The molecule has 0 unspecified atom stereocenters. The Morgan fingerprint density at radius 2 is 1.92 bits per heavy atom. The van der Waals surface area contributed by atoms with Crippen molar-refractivity contribution in [1.82, 2.24) is 0 Å². The molecule has 0 aromatic heterocycles. The summed E-state index contributed by atoms with van der Waals surface area (Å²) >= 11 is 0. The molecule has 0 atom stereocenters. The minimum atomic E-state index is -2.23. The van der Waals surface area contributed by atoms with E-state index in [-0.39, 0.29) is 5.56 Å². The Morgan fingerprint density at radius 3 is 2.46 bits per heavy atom. The third kappa shape index (κ3) is 2.16. The summed E-state index contributed by atoms with van der Waals surface area (Å²) in [6.45, 7) is 1.41. The van der Waals surface area contributed by atoms with Gasteiger partial charge in [0.15, 0.2) is 17.4 Å². The molecule has 70 valence electrons. The van der Waals surface area contributed by atoms with Crippen LogP contribution in [0.1, 0.15) is 5.56 Å². The van der Waals surface area contributed by atoms with Crippen LogP contribution in [0.2, 0.25) is 0 Å². The lowest BCUT2D eigenvalue weighted by Gasteiger charge is -2.08. The molecule has 0 saturated heterocycles. The molecule has 0 saturated carbocycles. The van der Waals surface area contributed by atoms with E-state index >= 15 is 0 Å². The number of benzene rings is 1. The topological polar surface area (TPSA) is 49.7 Å². The van der Waals surface area contributed by atoms with Gasteiger partial charge in [0.05, 0.1) is 0 Å². The third-order valence-corrected chi connectivity index (χ3v) is 1.47. The molecule has 0 amide bonds. The van der Waals surface area contributed by atoms with Crippen LogP contribution in [-0.4, -0.2) is 17.4 Å². The van der Waals surface area contributed by atoms with Crippen LogP contribution in [0.5, 0.6) is 5.75 Å². The summed E-state index contributed by atoms with van der Waals surface area (Å²) < 4.78 is 30.0. The molecule has 1 aromatic carbocycles. The molecule has 0 aliphatic rings. The van der Waals surface area contributed by atoms with Crippen LogP contribution in [0.15, 0.2) is 12.1 Å². The standard InChI is InChI=1S/C7H7BF2O3/c1-4-2-3-5(9)7(6(4)10)13-8(11)12/h2-3,11-12H,1H3. The zero-order valence-corrected chi connectivity index (χ0v) is 6.79. The van der Waals surface area contributed by atoms with E-state index in [1.165, 1.54) is 13.0 Å². The van der Waals surface area contributed by atoms with Crippen LogP contribution < -0.4 is 4.65 Å². The van der Waals surface area contributed by atoms with Crippen molar-refractivity contribution < 1.29 is 23.5 Å². The number of aryl methyl sites for hydroxylation is 1. The van der Waals surface area contributed by atoms with Gasteiger partial charge in [-0.3, -0.25) is 0 Å². The van der Waals surface area contributed by atoms with Crippen molar-refractivity contribution in [1.29, 1.82) is 0 Å². The molecule has 6 heteroatoms. The molecule has 1 aromatic rings. The number of hydrogen-bond acceptors (Lipinski definition) is 3. The summed E-state index contributed by atoms with van der Waals surface area (Å²) in [6.07, 6.45) is 0. The molecular formula is C7H7BF2O3. The number of hydrogen-bond donors (Lipinski definition) is 2. The van der Waals surface area contributed by atoms with Gasteiger partial charge in [0.25, 0.3) is 0 Å². The van der Waals surface area contributed by atoms with Gasteiger partial charge in [0, 0.05) is 0 Å². The molecule has 0 heterocycles. The summed E-state index contributed by atoms with van der Waals surface area (Å²) in [7, 11) is -2.23. The molecule has 2 N–H and O–H groups in total. The van der Waals surface area contributed by atoms with Gasteiger partial charge in [-0.15, -0.1) is 0 Å². The quantitative estimate of drug-likeness (QED) is 0.668. The highest BCUT2D eigenvalue weighted by Crippen LogP contribution is 2.23. The highest BCUT2D eigenvalue weighted by Gasteiger charge is 2.19. The second-order valence-electron chi connectivity index (χ2n) is 2.45. The number of halogens is 2. The minimum Gasteiger partial charge on any atom is -0.507 e. The lowest BCUT2D eigenvalue weighted by molar-refractivity contribution is 0.274. The van der Waals surface area contributed by atoms with E-state index in [2.05, 4.69) is 4.65 Å². The van der Waals surface area contributed by atoms with Crippen molar-refractivity contribution in [3.8, 4) is 5.75 Å². The summed E-state index contributed by atoms with van der Waals surface area (Å²) in [5.41, 5.74) is 0.164. The Bertz CT molecular complexity index is 317. The first-order valence-corrected chi connectivity index (χ1v) is 3.49. The maximum absolute atomic E-state index is 13.0. The monoisotopic (exact) mass is 188 g/mol. The van der Waals surface area contributed by atoms with Crippen molar-refractivity contribution in [2.24, 2.45) is 0 Å². The Labute approximate surface area is 73.8 Å². The molecule has 0 spiro atoms. The van der Waals surface area contributed by atoms with Crippen LogP contribution in [0.4, 0.5) is 8.78 Å². The van der Waals surface area contributed by atoms with Crippen LogP contribution in [0, 0.1) is 18.6 Å². The Balaban J connectivity index is 3.10. The molecule has 0 aliphatic carbocycles. The smallest absolute Gasteiger partial charge is 0.507 e. The van der Waals surface area contributed by atoms with E-state index in [0.29, 0.717) is 0 Å². The van der Waals surface area contributed by atoms with Crippen LogP contribution >= 0.6 is 0 Å². The van der Waals surface area contributed by atoms with Crippen molar-refractivity contribution in [2.45, 2.75) is 6.92 Å². The zero-order valence-electron chi connectivity index (χ0n) is 6.79. The van der Waals surface area contributed by atoms with E-state index in [4.69, 9.17) is 10.0 Å². The minimum absolute atomic E-state index is 0.164. The Morgan fingerprint density at radius 1 is 1.31 bits per heavy atom. The Kier molecular flexibility index (Phi) is 2.85. The van der Waals surface area contributed by atoms with Crippen LogP contribution in [0.25, 0.3) is 0 Å². The predicted molar refractivity (Wildman–Crippen MR) is 41.9 cm³/mol. The average molecular weight is 188 g/mol. The maximum Gasteiger partial charge on any atom is 0.707 e. The lowest BCUT2D eigenvalue weighted by atomic mass is 10.2. The molecule has 0 aliphatic heterocycles. The van der Waals surface area contributed by atoms with Gasteiger partial charge in [-0.2, -0.15) is 0 Å². The molecule has 0 radical (unpaired) electrons. The van der Waals surface area contributed by atoms with Crippen LogP contribution in [-0.2, 0) is 0 Å². The fourth-order valence-electron chi connectivity index (χ4n) is 0.844. The van der Waals surface area contributed by atoms with Gasteiger partial charge < -0.3 is 14.7 Å². The maximum atomic E-state index is 13.0. The Hall–Kier alpha value is -1.14. The zero-order chi connectivity index (χ0) is 10.0. The van der Waals surface area contributed by atoms with E-state index in [1.54, 1.807) is 0 Å². The summed E-state index contributed by atoms with van der Waals surface area (Å²) in [6, 6.07) is 2.21. The highest BCUT2D eigenvalue weighted by atomic mass is 19.1. The van der Waals surface area contributed by atoms with E-state index in [9.17, 15) is 8.78 Å². The number of rotatable bonds is 2. The fraction of sp³-hybridized carbons (Fsp3) is 0.143. The molecule has 0 fully saturated rings. The predicted octanol–water partition coefficient (Wildman–Crippen LogP) is 0.622. The van der Waals surface area contributed by atoms with Crippen molar-refractivity contribution in [3.63, 3.8) is 0 Å². The van der Waals surface area contributed by atoms with Gasteiger partial charge in [0.2, 0.25) is 0 Å².